The molecule has 170 valence electrons. The van der Waals surface area contributed by atoms with Gasteiger partial charge < -0.3 is 10.0 Å². The largest absolute Gasteiger partial charge is 0.395 e. The Morgan fingerprint density at radius 3 is 2.47 bits per heavy atom. The van der Waals surface area contributed by atoms with Gasteiger partial charge in [0.25, 0.3) is 0 Å². The third kappa shape index (κ3) is 4.02. The van der Waals surface area contributed by atoms with Crippen LogP contribution in [0.4, 0.5) is 5.69 Å². The van der Waals surface area contributed by atoms with Crippen LogP contribution in [0.1, 0.15) is 40.8 Å². The molecule has 0 saturated carbocycles. The lowest BCUT2D eigenvalue weighted by atomic mass is 9.88. The van der Waals surface area contributed by atoms with Gasteiger partial charge in [0, 0.05) is 44.0 Å². The number of rotatable bonds is 6. The molecule has 2 N–H and O–H groups in total. The fraction of sp³-hybridized carbons (Fsp3) is 0.375. The normalized spacial score (nSPS) is 17.3. The Hall–Kier alpha value is -1.76. The molecule has 0 saturated heterocycles. The van der Waals surface area contributed by atoms with E-state index in [1.165, 1.54) is 11.1 Å². The first kappa shape index (κ1) is 23.4. The number of anilines is 1. The molecule has 2 unspecified atom stereocenters. The van der Waals surface area contributed by atoms with Crippen molar-refractivity contribution in [2.45, 2.75) is 38.4 Å². The first-order valence-corrected chi connectivity index (χ1v) is 11.8. The fourth-order valence-electron chi connectivity index (χ4n) is 4.68. The van der Waals surface area contributed by atoms with E-state index in [1.54, 1.807) is 6.20 Å². The third-order valence-electron chi connectivity index (χ3n) is 6.27. The average molecular weight is 494 g/mol. The van der Waals surface area contributed by atoms with Gasteiger partial charge in [0.1, 0.15) is 0 Å². The Balaban J connectivity index is 1.96. The zero-order chi connectivity index (χ0) is 23.0. The maximum absolute atomic E-state index is 10.3. The number of nitrogens with one attached hydrogen (secondary N) is 1. The van der Waals surface area contributed by atoms with Gasteiger partial charge in [0.2, 0.25) is 0 Å². The van der Waals surface area contributed by atoms with Crippen LogP contribution in [-0.2, 0) is 19.4 Å². The number of aliphatic hydroxyl groups excluding tert-OH is 1. The quantitative estimate of drug-likeness (QED) is 0.476. The zero-order valence-electron chi connectivity index (χ0n) is 18.4. The first-order chi connectivity index (χ1) is 15.4. The lowest BCUT2D eigenvalue weighted by molar-refractivity contribution is 0.0799. The molecule has 0 amide bonds. The van der Waals surface area contributed by atoms with Gasteiger partial charge in [-0.25, -0.2) is 0 Å². The second-order valence-electron chi connectivity index (χ2n) is 8.35. The number of nitrogens with zero attached hydrogens (tertiary/aromatic N) is 3. The number of aromatic amines is 1. The van der Waals surface area contributed by atoms with E-state index in [0.29, 0.717) is 28.0 Å². The van der Waals surface area contributed by atoms with Crippen molar-refractivity contribution in [3.63, 3.8) is 0 Å². The van der Waals surface area contributed by atoms with Crippen LogP contribution in [0, 0.1) is 0 Å². The molecule has 0 bridgehead atoms. The van der Waals surface area contributed by atoms with Crippen molar-refractivity contribution in [2.24, 2.45) is 0 Å². The standard InChI is InChI=1S/C24H27Cl3N4O/c1-4-18-20(25)19(22(27)24(21(18)26)30(2)3)23(16-10-28-29-11-16)31-12-15-8-6-5-7-14(15)9-17(31)13-32/h5-8,10-11,17,23,32H,4,9,12-13H2,1-3H3,(H,28,29). The Kier molecular flexibility index (Phi) is 7.03. The zero-order valence-corrected chi connectivity index (χ0v) is 20.6. The predicted octanol–water partition coefficient (Wildman–Crippen LogP) is 5.51. The van der Waals surface area contributed by atoms with Crippen LogP contribution in [0.5, 0.6) is 0 Å². The van der Waals surface area contributed by atoms with Crippen molar-refractivity contribution in [3.8, 4) is 0 Å². The minimum atomic E-state index is -0.305. The van der Waals surface area contributed by atoms with E-state index < -0.39 is 0 Å². The summed E-state index contributed by atoms with van der Waals surface area (Å²) in [6, 6.07) is 7.95. The molecule has 4 rings (SSSR count). The molecular formula is C24H27Cl3N4O. The summed E-state index contributed by atoms with van der Waals surface area (Å²) in [5.74, 6) is 0. The van der Waals surface area contributed by atoms with Gasteiger partial charge in [0.05, 0.1) is 39.6 Å². The second-order valence-corrected chi connectivity index (χ2v) is 9.48. The fourth-order valence-corrected chi connectivity index (χ4v) is 6.20. The highest BCUT2D eigenvalue weighted by molar-refractivity contribution is 6.43. The van der Waals surface area contributed by atoms with Crippen molar-refractivity contribution in [1.82, 2.24) is 15.1 Å². The number of aliphatic hydroxyl groups is 1. The minimum Gasteiger partial charge on any atom is -0.395 e. The molecule has 2 aromatic carbocycles. The molecule has 32 heavy (non-hydrogen) atoms. The molecule has 8 heteroatoms. The number of hydrogen-bond acceptors (Lipinski definition) is 4. The molecule has 1 aliphatic heterocycles. The number of hydrogen-bond donors (Lipinski definition) is 2. The molecule has 0 radical (unpaired) electrons. The van der Waals surface area contributed by atoms with Gasteiger partial charge in [-0.05, 0) is 29.5 Å². The summed E-state index contributed by atoms with van der Waals surface area (Å²) < 4.78 is 0. The Morgan fingerprint density at radius 1 is 1.16 bits per heavy atom. The van der Waals surface area contributed by atoms with Gasteiger partial charge in [-0.1, -0.05) is 66.0 Å². The SMILES string of the molecule is CCc1c(Cl)c(C(c2cn[nH]c2)N2Cc3ccccc3CC2CO)c(Cl)c(N(C)C)c1Cl. The van der Waals surface area contributed by atoms with Crippen LogP contribution in [0.2, 0.25) is 15.1 Å². The predicted molar refractivity (Wildman–Crippen MR) is 132 cm³/mol. The number of aromatic nitrogens is 2. The lowest BCUT2D eigenvalue weighted by Gasteiger charge is -2.42. The molecule has 2 heterocycles. The van der Waals surface area contributed by atoms with Crippen LogP contribution in [0.15, 0.2) is 36.7 Å². The number of H-pyrrole nitrogens is 1. The molecular weight excluding hydrogens is 467 g/mol. The van der Waals surface area contributed by atoms with Gasteiger partial charge in [-0.15, -0.1) is 0 Å². The van der Waals surface area contributed by atoms with Gasteiger partial charge in [0.15, 0.2) is 0 Å². The van der Waals surface area contributed by atoms with Crippen LogP contribution >= 0.6 is 34.8 Å². The molecule has 0 fully saturated rings. The van der Waals surface area contributed by atoms with E-state index in [0.717, 1.165) is 28.8 Å². The van der Waals surface area contributed by atoms with Crippen molar-refractivity contribution < 1.29 is 5.11 Å². The van der Waals surface area contributed by atoms with E-state index in [-0.39, 0.29) is 18.7 Å². The van der Waals surface area contributed by atoms with Gasteiger partial charge in [-0.2, -0.15) is 5.10 Å². The smallest absolute Gasteiger partial charge is 0.0747 e. The van der Waals surface area contributed by atoms with Crippen molar-refractivity contribution in [3.05, 3.63) is 79.5 Å². The van der Waals surface area contributed by atoms with Crippen LogP contribution in [0.25, 0.3) is 0 Å². The Morgan fingerprint density at radius 2 is 1.88 bits per heavy atom. The summed E-state index contributed by atoms with van der Waals surface area (Å²) in [7, 11) is 3.84. The highest BCUT2D eigenvalue weighted by atomic mass is 35.5. The maximum Gasteiger partial charge on any atom is 0.0747 e. The summed E-state index contributed by atoms with van der Waals surface area (Å²) >= 11 is 20.8. The van der Waals surface area contributed by atoms with Crippen LogP contribution < -0.4 is 4.90 Å². The molecule has 2 atom stereocenters. The highest BCUT2D eigenvalue weighted by Crippen LogP contribution is 2.49. The average Bonchev–Trinajstić information content (AvgIpc) is 3.30. The number of fused-ring (bicyclic) bond motifs is 1. The second kappa shape index (κ2) is 9.62. The summed E-state index contributed by atoms with van der Waals surface area (Å²) in [6.45, 7) is 2.71. The molecule has 1 aromatic heterocycles. The van der Waals surface area contributed by atoms with E-state index in [2.05, 4.69) is 27.2 Å². The van der Waals surface area contributed by atoms with Crippen LogP contribution in [-0.4, -0.2) is 46.9 Å². The Bertz CT molecular complexity index is 1100. The highest BCUT2D eigenvalue weighted by Gasteiger charge is 2.37. The molecule has 5 nitrogen and oxygen atoms in total. The van der Waals surface area contributed by atoms with Gasteiger partial charge >= 0.3 is 0 Å². The van der Waals surface area contributed by atoms with Crippen molar-refractivity contribution in [2.75, 3.05) is 25.6 Å². The van der Waals surface area contributed by atoms with E-state index >= 15 is 0 Å². The molecule has 3 aromatic rings. The van der Waals surface area contributed by atoms with Crippen molar-refractivity contribution in [1.29, 1.82) is 0 Å². The Labute approximate surface area is 203 Å². The lowest BCUT2D eigenvalue weighted by Crippen LogP contribution is -2.45. The van der Waals surface area contributed by atoms with Crippen LogP contribution in [0.3, 0.4) is 0 Å². The van der Waals surface area contributed by atoms with Crippen molar-refractivity contribution >= 4 is 40.5 Å². The topological polar surface area (TPSA) is 55.4 Å². The monoisotopic (exact) mass is 492 g/mol. The van der Waals surface area contributed by atoms with E-state index in [9.17, 15) is 5.11 Å². The third-order valence-corrected chi connectivity index (χ3v) is 7.49. The molecule has 0 spiro atoms. The summed E-state index contributed by atoms with van der Waals surface area (Å²) in [4.78, 5) is 4.19. The van der Waals surface area contributed by atoms with Gasteiger partial charge in [-0.3, -0.25) is 10.00 Å². The van der Waals surface area contributed by atoms with E-state index in [4.69, 9.17) is 34.8 Å². The van der Waals surface area contributed by atoms with E-state index in [1.807, 2.05) is 44.2 Å². The minimum absolute atomic E-state index is 0.0205. The number of benzene rings is 2. The molecule has 0 aliphatic carbocycles. The first-order valence-electron chi connectivity index (χ1n) is 10.7. The summed E-state index contributed by atoms with van der Waals surface area (Å²) in [5.41, 5.74) is 5.82. The number of halogens is 3. The molecule has 1 aliphatic rings. The maximum atomic E-state index is 10.3. The summed E-state index contributed by atoms with van der Waals surface area (Å²) in [5, 5.41) is 19.1. The summed E-state index contributed by atoms with van der Waals surface area (Å²) in [6.07, 6.45) is 5.07.